The van der Waals surface area contributed by atoms with Gasteiger partial charge in [-0.3, -0.25) is 0 Å². The van der Waals surface area contributed by atoms with Crippen LogP contribution >= 0.6 is 23.1 Å². The fraction of sp³-hybridized carbons (Fsp3) is 0.273. The minimum Gasteiger partial charge on any atom is -0.496 e. The van der Waals surface area contributed by atoms with E-state index in [1.807, 2.05) is 17.5 Å². The predicted octanol–water partition coefficient (Wildman–Crippen LogP) is 2.44. The van der Waals surface area contributed by atoms with Crippen LogP contribution in [0.1, 0.15) is 17.3 Å². The van der Waals surface area contributed by atoms with E-state index < -0.39 is 0 Å². The van der Waals surface area contributed by atoms with Crippen molar-refractivity contribution in [1.29, 1.82) is 0 Å². The minimum absolute atomic E-state index is 0.193. The number of aromatic nitrogens is 2. The van der Waals surface area contributed by atoms with E-state index in [1.54, 1.807) is 13.2 Å². The molecule has 0 amide bonds. The topological polar surface area (TPSA) is 61.0 Å². The second-order valence-electron chi connectivity index (χ2n) is 3.60. The zero-order valence-electron chi connectivity index (χ0n) is 9.26. The lowest BCUT2D eigenvalue weighted by Crippen LogP contribution is -2.14. The SMILES string of the molecule is COc1ccc(Cl)cc1CC(N)c1csnn1. The first-order valence-electron chi connectivity index (χ1n) is 5.05. The Labute approximate surface area is 109 Å². The fourth-order valence-corrected chi connectivity index (χ4v) is 2.29. The summed E-state index contributed by atoms with van der Waals surface area (Å²) in [7, 11) is 1.63. The van der Waals surface area contributed by atoms with Gasteiger partial charge in [-0.05, 0) is 41.7 Å². The molecular weight excluding hydrogens is 258 g/mol. The van der Waals surface area contributed by atoms with Crippen LogP contribution in [0.25, 0.3) is 0 Å². The van der Waals surface area contributed by atoms with Crippen molar-refractivity contribution >= 4 is 23.1 Å². The van der Waals surface area contributed by atoms with Crippen LogP contribution in [0, 0.1) is 0 Å². The zero-order valence-corrected chi connectivity index (χ0v) is 10.8. The van der Waals surface area contributed by atoms with E-state index in [0.717, 1.165) is 17.0 Å². The molecule has 0 radical (unpaired) electrons. The molecule has 0 saturated heterocycles. The highest BCUT2D eigenvalue weighted by molar-refractivity contribution is 7.03. The van der Waals surface area contributed by atoms with E-state index in [1.165, 1.54) is 11.5 Å². The third-order valence-corrected chi connectivity index (χ3v) is 3.20. The van der Waals surface area contributed by atoms with Gasteiger partial charge < -0.3 is 10.5 Å². The van der Waals surface area contributed by atoms with Crippen molar-refractivity contribution in [3.8, 4) is 5.75 Å². The van der Waals surface area contributed by atoms with Crippen LogP contribution < -0.4 is 10.5 Å². The molecule has 1 heterocycles. The van der Waals surface area contributed by atoms with E-state index in [9.17, 15) is 0 Å². The molecule has 2 N–H and O–H groups in total. The first-order chi connectivity index (χ1) is 8.20. The monoisotopic (exact) mass is 269 g/mol. The van der Waals surface area contributed by atoms with Crippen molar-refractivity contribution in [3.63, 3.8) is 0 Å². The van der Waals surface area contributed by atoms with E-state index in [4.69, 9.17) is 22.1 Å². The summed E-state index contributed by atoms with van der Waals surface area (Å²) in [6.07, 6.45) is 0.620. The van der Waals surface area contributed by atoms with Crippen molar-refractivity contribution in [3.05, 3.63) is 39.9 Å². The van der Waals surface area contributed by atoms with Gasteiger partial charge in [0.15, 0.2) is 0 Å². The molecule has 2 rings (SSSR count). The van der Waals surface area contributed by atoms with Gasteiger partial charge in [0.05, 0.1) is 18.8 Å². The molecule has 0 saturated carbocycles. The van der Waals surface area contributed by atoms with Gasteiger partial charge in [-0.25, -0.2) is 0 Å². The van der Waals surface area contributed by atoms with Gasteiger partial charge in [-0.15, -0.1) is 5.10 Å². The van der Waals surface area contributed by atoms with E-state index in [2.05, 4.69) is 9.59 Å². The first-order valence-corrected chi connectivity index (χ1v) is 6.27. The highest BCUT2D eigenvalue weighted by atomic mass is 35.5. The largest absolute Gasteiger partial charge is 0.496 e. The summed E-state index contributed by atoms with van der Waals surface area (Å²) in [6, 6.07) is 5.30. The number of halogens is 1. The lowest BCUT2D eigenvalue weighted by atomic mass is 10.0. The summed E-state index contributed by atoms with van der Waals surface area (Å²) in [4.78, 5) is 0. The molecule has 90 valence electrons. The third kappa shape index (κ3) is 2.94. The number of nitrogens with zero attached hydrogens (tertiary/aromatic N) is 2. The van der Waals surface area contributed by atoms with Gasteiger partial charge in [0.25, 0.3) is 0 Å². The Bertz CT molecular complexity index is 489. The lowest BCUT2D eigenvalue weighted by molar-refractivity contribution is 0.408. The number of benzene rings is 1. The molecular formula is C11H12ClN3OS. The summed E-state index contributed by atoms with van der Waals surface area (Å²) < 4.78 is 9.07. The molecule has 2 aromatic rings. The van der Waals surface area contributed by atoms with Crippen molar-refractivity contribution in [2.24, 2.45) is 5.73 Å². The van der Waals surface area contributed by atoms with Gasteiger partial charge >= 0.3 is 0 Å². The van der Waals surface area contributed by atoms with E-state index in [-0.39, 0.29) is 6.04 Å². The van der Waals surface area contributed by atoms with Crippen LogP contribution in [-0.2, 0) is 6.42 Å². The van der Waals surface area contributed by atoms with Crippen LogP contribution in [0.2, 0.25) is 5.02 Å². The van der Waals surface area contributed by atoms with Gasteiger partial charge in [0.1, 0.15) is 5.75 Å². The molecule has 1 unspecified atom stereocenters. The average molecular weight is 270 g/mol. The van der Waals surface area contributed by atoms with Crippen LogP contribution in [-0.4, -0.2) is 16.7 Å². The Morgan fingerprint density at radius 1 is 1.53 bits per heavy atom. The maximum Gasteiger partial charge on any atom is 0.122 e. The smallest absolute Gasteiger partial charge is 0.122 e. The number of rotatable bonds is 4. The molecule has 1 atom stereocenters. The Kier molecular flexibility index (Phi) is 3.93. The maximum atomic E-state index is 6.05. The van der Waals surface area contributed by atoms with Crippen molar-refractivity contribution in [2.45, 2.75) is 12.5 Å². The van der Waals surface area contributed by atoms with Crippen molar-refractivity contribution in [1.82, 2.24) is 9.59 Å². The highest BCUT2D eigenvalue weighted by Crippen LogP contribution is 2.26. The lowest BCUT2D eigenvalue weighted by Gasteiger charge is -2.12. The third-order valence-electron chi connectivity index (χ3n) is 2.44. The second kappa shape index (κ2) is 5.44. The standard InChI is InChI=1S/C11H12ClN3OS/c1-16-11-3-2-8(12)4-7(11)5-9(13)10-6-17-15-14-10/h2-4,6,9H,5,13H2,1H3. The second-order valence-corrected chi connectivity index (χ2v) is 4.64. The number of methoxy groups -OCH3 is 1. The molecule has 0 bridgehead atoms. The fourth-order valence-electron chi connectivity index (χ4n) is 1.58. The normalized spacial score (nSPS) is 12.4. The van der Waals surface area contributed by atoms with E-state index >= 15 is 0 Å². The van der Waals surface area contributed by atoms with Crippen LogP contribution in [0.5, 0.6) is 5.75 Å². The summed E-state index contributed by atoms with van der Waals surface area (Å²) >= 11 is 7.25. The molecule has 6 heteroatoms. The summed E-state index contributed by atoms with van der Waals surface area (Å²) in [5, 5.41) is 6.48. The van der Waals surface area contributed by atoms with Gasteiger partial charge in [0.2, 0.25) is 0 Å². The molecule has 1 aromatic carbocycles. The molecule has 0 aliphatic carbocycles. The molecule has 0 aliphatic rings. The Morgan fingerprint density at radius 2 is 2.35 bits per heavy atom. The molecule has 0 spiro atoms. The molecule has 0 fully saturated rings. The first kappa shape index (κ1) is 12.3. The average Bonchev–Trinajstić information content (AvgIpc) is 2.83. The number of hydrogen-bond acceptors (Lipinski definition) is 5. The quantitative estimate of drug-likeness (QED) is 0.926. The van der Waals surface area contributed by atoms with Crippen molar-refractivity contribution in [2.75, 3.05) is 7.11 Å². The molecule has 17 heavy (non-hydrogen) atoms. The van der Waals surface area contributed by atoms with Crippen LogP contribution in [0.15, 0.2) is 23.6 Å². The van der Waals surface area contributed by atoms with Gasteiger partial charge in [0, 0.05) is 10.4 Å². The Morgan fingerprint density at radius 3 is 3.00 bits per heavy atom. The van der Waals surface area contributed by atoms with Crippen LogP contribution in [0.4, 0.5) is 0 Å². The number of nitrogens with two attached hydrogens (primary N) is 1. The van der Waals surface area contributed by atoms with Gasteiger partial charge in [-0.1, -0.05) is 16.1 Å². The Balaban J connectivity index is 2.20. The Hall–Kier alpha value is -1.17. The van der Waals surface area contributed by atoms with Crippen LogP contribution in [0.3, 0.4) is 0 Å². The predicted molar refractivity (Wildman–Crippen MR) is 68.5 cm³/mol. The molecule has 1 aromatic heterocycles. The highest BCUT2D eigenvalue weighted by Gasteiger charge is 2.13. The zero-order chi connectivity index (χ0) is 12.3. The van der Waals surface area contributed by atoms with Gasteiger partial charge in [-0.2, -0.15) is 0 Å². The van der Waals surface area contributed by atoms with E-state index in [0.29, 0.717) is 11.4 Å². The number of hydrogen-bond donors (Lipinski definition) is 1. The maximum absolute atomic E-state index is 6.05. The molecule has 4 nitrogen and oxygen atoms in total. The summed E-state index contributed by atoms with van der Waals surface area (Å²) in [5.74, 6) is 0.785. The number of ether oxygens (including phenoxy) is 1. The summed E-state index contributed by atoms with van der Waals surface area (Å²) in [5.41, 5.74) is 7.81. The minimum atomic E-state index is -0.193. The molecule has 0 aliphatic heterocycles. The van der Waals surface area contributed by atoms with Crippen molar-refractivity contribution < 1.29 is 4.74 Å². The summed E-state index contributed by atoms with van der Waals surface area (Å²) in [6.45, 7) is 0.